The maximum Gasteiger partial charge on any atom is 0.329 e. The number of phenolic OH excluding ortho intramolecular Hbond substituents is 1. The molecule has 0 radical (unpaired) electrons. The highest BCUT2D eigenvalue weighted by Gasteiger charge is 2.75. The zero-order chi connectivity index (χ0) is 47.4. The number of carbonyl (C=O) groups is 5. The van der Waals surface area contributed by atoms with E-state index in [2.05, 4.69) is 34.0 Å². The highest BCUT2D eigenvalue weighted by atomic mass is 16.6. The van der Waals surface area contributed by atoms with E-state index in [9.17, 15) is 14.7 Å². The lowest BCUT2D eigenvalue weighted by Gasteiger charge is -2.46. The van der Waals surface area contributed by atoms with E-state index in [1.807, 2.05) is 103 Å². The van der Waals surface area contributed by atoms with Gasteiger partial charge in [-0.25, -0.2) is 14.5 Å². The Labute approximate surface area is 390 Å². The molecule has 13 heteroatoms. The first-order valence-electron chi connectivity index (χ1n) is 22.2. The minimum atomic E-state index is -2.06. The van der Waals surface area contributed by atoms with Gasteiger partial charge in [-0.15, -0.1) is 6.58 Å². The van der Waals surface area contributed by atoms with Crippen molar-refractivity contribution in [2.24, 2.45) is 11.8 Å². The molecule has 1 spiro atoms. The molecule has 8 rings (SSSR count). The van der Waals surface area contributed by atoms with Crippen LogP contribution in [-0.4, -0.2) is 84.0 Å². The number of aromatic hydroxyl groups is 1. The molecular weight excluding hydrogens is 847 g/mol. The van der Waals surface area contributed by atoms with Crippen molar-refractivity contribution in [3.63, 3.8) is 0 Å². The smallest absolute Gasteiger partial charge is 0.329 e. The van der Waals surface area contributed by atoms with Gasteiger partial charge < -0.3 is 25.2 Å². The van der Waals surface area contributed by atoms with Gasteiger partial charge in [0.05, 0.1) is 37.3 Å². The maximum atomic E-state index is 16.4. The van der Waals surface area contributed by atoms with E-state index < -0.39 is 77.3 Å². The Balaban J connectivity index is 1.39. The first-order valence-corrected chi connectivity index (χ1v) is 22.2. The van der Waals surface area contributed by atoms with Crippen LogP contribution in [0.4, 0.5) is 10.5 Å². The molecule has 67 heavy (non-hydrogen) atoms. The normalized spacial score (nSPS) is 22.3. The molecule has 0 saturated carbocycles. The van der Waals surface area contributed by atoms with Gasteiger partial charge in [0, 0.05) is 18.7 Å². The fourth-order valence-electron chi connectivity index (χ4n) is 9.97. The number of esters is 2. The Morgan fingerprint density at radius 1 is 0.881 bits per heavy atom. The van der Waals surface area contributed by atoms with Gasteiger partial charge in [0.1, 0.15) is 29.4 Å². The van der Waals surface area contributed by atoms with Crippen LogP contribution in [-0.2, 0) is 40.6 Å². The number of benzene rings is 5. The van der Waals surface area contributed by atoms with E-state index in [1.165, 1.54) is 25.3 Å². The van der Waals surface area contributed by atoms with Crippen LogP contribution in [0, 0.1) is 23.7 Å². The quantitative estimate of drug-likeness (QED) is 0.0696. The number of fused-ring (bicyclic) bond motifs is 3. The fourth-order valence-corrected chi connectivity index (χ4v) is 9.97. The molecule has 3 aliphatic rings. The minimum Gasteiger partial charge on any atom is -0.508 e. The summed E-state index contributed by atoms with van der Waals surface area (Å²) in [5.74, 6) is 1.55. The van der Waals surface area contributed by atoms with Crippen molar-refractivity contribution in [1.82, 2.24) is 20.4 Å². The summed E-state index contributed by atoms with van der Waals surface area (Å²) < 4.78 is 11.6. The number of cyclic esters (lactones) is 1. The monoisotopic (exact) mass is 899 g/mol. The van der Waals surface area contributed by atoms with Crippen molar-refractivity contribution < 1.29 is 38.6 Å². The Morgan fingerprint density at radius 3 is 2.15 bits per heavy atom. The van der Waals surface area contributed by atoms with Crippen LogP contribution >= 0.6 is 0 Å². The van der Waals surface area contributed by atoms with Crippen LogP contribution < -0.4 is 15.5 Å². The predicted octanol–water partition coefficient (Wildman–Crippen LogP) is 6.75. The van der Waals surface area contributed by atoms with E-state index in [4.69, 9.17) is 9.47 Å². The Morgan fingerprint density at radius 2 is 1.52 bits per heavy atom. The van der Waals surface area contributed by atoms with Crippen LogP contribution in [0.25, 0.3) is 0 Å². The highest BCUT2D eigenvalue weighted by Crippen LogP contribution is 2.66. The Kier molecular flexibility index (Phi) is 13.4. The molecule has 5 aromatic carbocycles. The van der Waals surface area contributed by atoms with E-state index in [1.54, 1.807) is 44.2 Å². The van der Waals surface area contributed by atoms with E-state index >= 15 is 14.4 Å². The van der Waals surface area contributed by atoms with Gasteiger partial charge in [0.25, 0.3) is 0 Å². The summed E-state index contributed by atoms with van der Waals surface area (Å²) in [6, 6.07) is 34.6. The molecule has 3 aliphatic heterocycles. The second-order valence-electron chi connectivity index (χ2n) is 17.4. The van der Waals surface area contributed by atoms with Gasteiger partial charge in [-0.2, -0.15) is 0 Å². The first-order chi connectivity index (χ1) is 32.4. The Bertz CT molecular complexity index is 2720. The molecule has 13 nitrogen and oxygen atoms in total. The van der Waals surface area contributed by atoms with Gasteiger partial charge in [-0.1, -0.05) is 135 Å². The number of amides is 4. The molecular formula is C54H53N5O8. The summed E-state index contributed by atoms with van der Waals surface area (Å²) in [5, 5.41) is 16.4. The molecule has 3 heterocycles. The number of hydrogen-bond acceptors (Lipinski definition) is 10. The summed E-state index contributed by atoms with van der Waals surface area (Å²) in [6.07, 6.45) is 0.573. The SMILES string of the molecule is C=CCNC(=O)[C@@H]1[C@H]2C(=O)O[C@H](c3ccccc3)[C@H](c3ccccc3)N2[C@H](c2ccc(O)cc2)[C@@]12C(=O)N(C(=O)N[C@H](C(=O)OC)C(C)C)c1ccc(C#CCN(C)Cc3ccccc3)cc12. The number of rotatable bonds is 12. The van der Waals surface area contributed by atoms with Gasteiger partial charge in [0.2, 0.25) is 11.8 Å². The number of imide groups is 1. The van der Waals surface area contributed by atoms with Crippen molar-refractivity contribution in [2.45, 2.75) is 56.1 Å². The lowest BCUT2D eigenvalue weighted by molar-refractivity contribution is -0.178. The van der Waals surface area contributed by atoms with Gasteiger partial charge in [-0.05, 0) is 71.1 Å². The van der Waals surface area contributed by atoms with Crippen LogP contribution in [0.2, 0.25) is 0 Å². The number of ether oxygens (including phenoxy) is 2. The average Bonchev–Trinajstić information content (AvgIpc) is 3.79. The van der Waals surface area contributed by atoms with Crippen molar-refractivity contribution in [3.05, 3.63) is 179 Å². The van der Waals surface area contributed by atoms with Crippen molar-refractivity contribution in [3.8, 4) is 17.6 Å². The molecule has 0 unspecified atom stereocenters. The number of nitrogens with one attached hydrogen (secondary N) is 2. The summed E-state index contributed by atoms with van der Waals surface area (Å²) in [4.78, 5) is 79.8. The number of phenols is 1. The number of methoxy groups -OCH3 is 1. The summed E-state index contributed by atoms with van der Waals surface area (Å²) in [5.41, 5.74) is 1.83. The topological polar surface area (TPSA) is 158 Å². The van der Waals surface area contributed by atoms with Crippen molar-refractivity contribution in [2.75, 3.05) is 32.1 Å². The standard InChI is InChI=1S/C54H53N5O8/c1-6-30-55-49(61)43-46-51(63)67-47(38-22-14-9-15-23-38)45(37-20-12-8-13-21-37)59(46)48(39-25-27-40(60)28-26-39)54(43)41-32-35(19-16-31-57(4)33-36-17-10-7-11-18-36)24-29-42(41)58(52(54)64)53(65)56-44(34(2)3)50(62)66-5/h6-15,17-18,20-29,32,34,43-48,60H,1,30-31,33H2,2-5H3,(H,55,61)(H,56,65)/t43-,44-,45-,46-,47+,48+,54-/m0/s1. The number of hydrogen-bond donors (Lipinski definition) is 3. The maximum absolute atomic E-state index is 16.4. The number of morpholine rings is 1. The number of anilines is 1. The molecule has 0 bridgehead atoms. The van der Waals surface area contributed by atoms with Crippen molar-refractivity contribution in [1.29, 1.82) is 0 Å². The molecule has 2 saturated heterocycles. The molecule has 3 N–H and O–H groups in total. The van der Waals surface area contributed by atoms with Crippen LogP contribution in [0.15, 0.2) is 146 Å². The lowest BCUT2D eigenvalue weighted by Crippen LogP contribution is -2.57. The predicted molar refractivity (Wildman–Crippen MR) is 252 cm³/mol. The fraction of sp³-hybridized carbons (Fsp3) is 0.278. The van der Waals surface area contributed by atoms with Gasteiger partial charge >= 0.3 is 18.0 Å². The molecule has 0 aromatic heterocycles. The van der Waals surface area contributed by atoms with Crippen LogP contribution in [0.3, 0.4) is 0 Å². The molecule has 4 amide bonds. The third-order valence-corrected chi connectivity index (χ3v) is 12.9. The second-order valence-corrected chi connectivity index (χ2v) is 17.4. The number of urea groups is 1. The Hall–Kier alpha value is -7.53. The zero-order valence-electron chi connectivity index (χ0n) is 37.8. The molecule has 7 atom stereocenters. The van der Waals surface area contributed by atoms with Crippen LogP contribution in [0.1, 0.15) is 65.4 Å². The summed E-state index contributed by atoms with van der Waals surface area (Å²) in [6.45, 7) is 8.32. The third-order valence-electron chi connectivity index (χ3n) is 12.9. The number of nitrogens with zero attached hydrogens (tertiary/aromatic N) is 3. The van der Waals surface area contributed by atoms with Crippen LogP contribution in [0.5, 0.6) is 5.75 Å². The summed E-state index contributed by atoms with van der Waals surface area (Å²) in [7, 11) is 3.17. The third kappa shape index (κ3) is 8.57. The second kappa shape index (κ2) is 19.5. The van der Waals surface area contributed by atoms with E-state index in [0.717, 1.165) is 16.0 Å². The molecule has 342 valence electrons. The van der Waals surface area contributed by atoms with Gasteiger partial charge in [0.15, 0.2) is 0 Å². The number of carbonyl (C=O) groups excluding carboxylic acids is 5. The van der Waals surface area contributed by atoms with Gasteiger partial charge in [-0.3, -0.25) is 24.2 Å². The lowest BCUT2D eigenvalue weighted by atomic mass is 9.65. The molecule has 2 fully saturated rings. The van der Waals surface area contributed by atoms with E-state index in [-0.39, 0.29) is 23.5 Å². The summed E-state index contributed by atoms with van der Waals surface area (Å²) >= 11 is 0. The first kappa shape index (κ1) is 46.0. The largest absolute Gasteiger partial charge is 0.508 e. The molecule has 5 aromatic rings. The van der Waals surface area contributed by atoms with Crippen molar-refractivity contribution >= 4 is 35.5 Å². The van der Waals surface area contributed by atoms with E-state index in [0.29, 0.717) is 29.8 Å². The minimum absolute atomic E-state index is 0.00568. The molecule has 0 aliphatic carbocycles. The highest BCUT2D eigenvalue weighted by molar-refractivity contribution is 6.25. The average molecular weight is 900 g/mol. The zero-order valence-corrected chi connectivity index (χ0v) is 37.8.